The minimum absolute atomic E-state index is 0.0987. The quantitative estimate of drug-likeness (QED) is 0.125. The van der Waals surface area contributed by atoms with Crippen molar-refractivity contribution in [1.29, 1.82) is 0 Å². The zero-order chi connectivity index (χ0) is 36.2. The molecule has 0 radical (unpaired) electrons. The second-order valence-corrected chi connectivity index (χ2v) is 8.22. The van der Waals surface area contributed by atoms with Crippen LogP contribution >= 0.6 is 0 Å². The van der Waals surface area contributed by atoms with Gasteiger partial charge in [0.15, 0.2) is 0 Å². The highest BCUT2D eigenvalue weighted by Crippen LogP contribution is 2.10. The van der Waals surface area contributed by atoms with Gasteiger partial charge >= 0.3 is 0 Å². The Labute approximate surface area is 273 Å². The van der Waals surface area contributed by atoms with E-state index in [2.05, 4.69) is 37.2 Å². The van der Waals surface area contributed by atoms with Crippen molar-refractivity contribution in [2.24, 2.45) is 5.73 Å². The van der Waals surface area contributed by atoms with Crippen LogP contribution in [0.2, 0.25) is 0 Å². The highest BCUT2D eigenvalue weighted by Gasteiger charge is 1.89. The maximum absolute atomic E-state index is 10.1. The van der Waals surface area contributed by atoms with Crippen molar-refractivity contribution in [3.05, 3.63) is 133 Å². The highest BCUT2D eigenvalue weighted by atomic mass is 16.4. The molecule has 0 heterocycles. The number of hydrazine groups is 1. The summed E-state index contributed by atoms with van der Waals surface area (Å²) in [7, 11) is 0. The van der Waals surface area contributed by atoms with Crippen LogP contribution in [0.15, 0.2) is 111 Å². The SMILES string of the molecule is C=Cc1ccccc1.C=Cc1ccccc1.C=Cc1ccccc1C=C.CC(=O)NNCCN.CC(=O)O.CC(=O)O.CC(=O)O. The van der Waals surface area contributed by atoms with Crippen molar-refractivity contribution in [1.82, 2.24) is 10.9 Å². The fraction of sp³-hybridized carbons (Fsp3) is 0.167. The van der Waals surface area contributed by atoms with E-state index in [1.807, 2.05) is 109 Å². The number of nitrogens with one attached hydrogen (secondary N) is 2. The lowest BCUT2D eigenvalue weighted by Gasteiger charge is -1.99. The van der Waals surface area contributed by atoms with Gasteiger partial charge in [0.2, 0.25) is 5.91 Å². The summed E-state index contributed by atoms with van der Waals surface area (Å²) in [5.74, 6) is -2.60. The van der Waals surface area contributed by atoms with Crippen LogP contribution in [-0.4, -0.2) is 52.2 Å². The normalized spacial score (nSPS) is 8.02. The van der Waals surface area contributed by atoms with Crippen molar-refractivity contribution < 1.29 is 34.5 Å². The lowest BCUT2D eigenvalue weighted by atomic mass is 10.1. The molecule has 250 valence electrons. The summed E-state index contributed by atoms with van der Waals surface area (Å²) >= 11 is 0. The molecule has 0 atom stereocenters. The lowest BCUT2D eigenvalue weighted by molar-refractivity contribution is -0.135. The van der Waals surface area contributed by atoms with E-state index in [1.54, 1.807) is 0 Å². The number of carbonyl (C=O) groups is 4. The van der Waals surface area contributed by atoms with Gasteiger partial charge in [0.25, 0.3) is 17.9 Å². The number of carboxylic acid groups (broad SMARTS) is 3. The molecule has 10 heteroatoms. The molecule has 3 aromatic rings. The molecular formula is C36H49N3O7. The molecule has 1 amide bonds. The molecule has 0 saturated heterocycles. The zero-order valence-electron chi connectivity index (χ0n) is 27.2. The minimum Gasteiger partial charge on any atom is -0.481 e. The number of nitrogens with two attached hydrogens (primary N) is 1. The number of amides is 1. The average molecular weight is 636 g/mol. The lowest BCUT2D eigenvalue weighted by Crippen LogP contribution is -2.38. The van der Waals surface area contributed by atoms with Gasteiger partial charge in [-0.3, -0.25) is 24.6 Å². The molecule has 0 unspecified atom stereocenters. The molecular weight excluding hydrogens is 586 g/mol. The first-order valence-corrected chi connectivity index (χ1v) is 13.7. The Bertz CT molecular complexity index is 1150. The zero-order valence-corrected chi connectivity index (χ0v) is 27.2. The first-order valence-electron chi connectivity index (χ1n) is 13.7. The molecule has 0 aromatic heterocycles. The van der Waals surface area contributed by atoms with Gasteiger partial charge < -0.3 is 21.1 Å². The third-order valence-electron chi connectivity index (χ3n) is 4.04. The van der Waals surface area contributed by atoms with Crippen LogP contribution in [-0.2, 0) is 19.2 Å². The number of carbonyl (C=O) groups excluding carboxylic acids is 1. The maximum Gasteiger partial charge on any atom is 0.300 e. The number of hydrogen-bond acceptors (Lipinski definition) is 6. The van der Waals surface area contributed by atoms with E-state index in [9.17, 15) is 4.79 Å². The Morgan fingerprint density at radius 1 is 0.587 bits per heavy atom. The largest absolute Gasteiger partial charge is 0.481 e. The Morgan fingerprint density at radius 3 is 1.07 bits per heavy atom. The molecule has 46 heavy (non-hydrogen) atoms. The topological polar surface area (TPSA) is 179 Å². The van der Waals surface area contributed by atoms with Crippen molar-refractivity contribution >= 4 is 48.1 Å². The minimum atomic E-state index is -0.833. The molecule has 0 fully saturated rings. The molecule has 3 aromatic carbocycles. The third-order valence-corrected chi connectivity index (χ3v) is 4.04. The van der Waals surface area contributed by atoms with Gasteiger partial charge in [-0.15, -0.1) is 0 Å². The summed E-state index contributed by atoms with van der Waals surface area (Å²) in [4.78, 5) is 37.1. The van der Waals surface area contributed by atoms with Crippen molar-refractivity contribution in [3.63, 3.8) is 0 Å². The van der Waals surface area contributed by atoms with Gasteiger partial charge in [0.05, 0.1) is 0 Å². The number of hydrogen-bond donors (Lipinski definition) is 6. The predicted molar refractivity (Wildman–Crippen MR) is 190 cm³/mol. The third kappa shape index (κ3) is 45.4. The first-order chi connectivity index (χ1) is 21.7. The monoisotopic (exact) mass is 635 g/mol. The van der Waals surface area contributed by atoms with Gasteiger partial charge in [0.1, 0.15) is 0 Å². The second-order valence-electron chi connectivity index (χ2n) is 8.22. The van der Waals surface area contributed by atoms with E-state index in [0.29, 0.717) is 13.1 Å². The van der Waals surface area contributed by atoms with E-state index in [0.717, 1.165) is 31.9 Å². The fourth-order valence-corrected chi connectivity index (χ4v) is 2.32. The molecule has 3 rings (SSSR count). The van der Waals surface area contributed by atoms with Gasteiger partial charge in [-0.2, -0.15) is 0 Å². The molecule has 0 aliphatic heterocycles. The van der Waals surface area contributed by atoms with E-state index in [4.69, 9.17) is 35.4 Å². The van der Waals surface area contributed by atoms with Crippen LogP contribution in [0.1, 0.15) is 49.9 Å². The second kappa shape index (κ2) is 35.6. The molecule has 0 aliphatic rings. The van der Waals surface area contributed by atoms with Crippen LogP contribution in [0.4, 0.5) is 0 Å². The highest BCUT2D eigenvalue weighted by molar-refractivity contribution is 5.72. The fourth-order valence-electron chi connectivity index (χ4n) is 2.32. The molecule has 0 aliphatic carbocycles. The van der Waals surface area contributed by atoms with Gasteiger partial charge in [-0.25, -0.2) is 5.43 Å². The summed E-state index contributed by atoms with van der Waals surface area (Å²) in [6.07, 6.45) is 7.33. The molecule has 0 saturated carbocycles. The Hall–Kier alpha value is -5.58. The smallest absolute Gasteiger partial charge is 0.300 e. The Kier molecular flexibility index (Phi) is 36.7. The standard InChI is InChI=1S/C10H10.2C8H8.C4H11N3O.3C2H4O2/c1-3-9-7-5-6-8-10(9)4-2;2*1-2-8-6-4-3-5-7-8;1-4(8)7-6-3-2-5;3*1-2(3)4/h3-8H,1-2H2;2*2-7H,1H2;6H,2-3,5H2,1H3,(H,7,8);3*1H3,(H,3,4). The van der Waals surface area contributed by atoms with Crippen LogP contribution < -0.4 is 16.6 Å². The van der Waals surface area contributed by atoms with E-state index in [1.165, 1.54) is 18.1 Å². The first kappa shape index (κ1) is 47.4. The molecule has 0 bridgehead atoms. The van der Waals surface area contributed by atoms with Crippen LogP contribution in [0, 0.1) is 0 Å². The van der Waals surface area contributed by atoms with Crippen molar-refractivity contribution in [2.75, 3.05) is 13.1 Å². The average Bonchev–Trinajstić information content (AvgIpc) is 3.02. The number of carboxylic acids is 3. The van der Waals surface area contributed by atoms with Crippen LogP contribution in [0.25, 0.3) is 24.3 Å². The van der Waals surface area contributed by atoms with E-state index in [-0.39, 0.29) is 5.91 Å². The van der Waals surface area contributed by atoms with E-state index < -0.39 is 17.9 Å². The summed E-state index contributed by atoms with van der Waals surface area (Å²) in [5, 5.41) is 22.2. The summed E-state index contributed by atoms with van der Waals surface area (Å²) in [5.41, 5.74) is 14.7. The summed E-state index contributed by atoms with van der Waals surface area (Å²) in [6, 6.07) is 28.1. The molecule has 0 spiro atoms. The van der Waals surface area contributed by atoms with Gasteiger partial charge in [0, 0.05) is 40.8 Å². The number of aliphatic carboxylic acids is 3. The predicted octanol–water partition coefficient (Wildman–Crippen LogP) is 6.49. The van der Waals surface area contributed by atoms with E-state index >= 15 is 0 Å². The Morgan fingerprint density at radius 2 is 0.870 bits per heavy atom. The summed E-state index contributed by atoms with van der Waals surface area (Å²) in [6.45, 7) is 20.5. The summed E-state index contributed by atoms with van der Waals surface area (Å²) < 4.78 is 0. The number of rotatable bonds is 7. The van der Waals surface area contributed by atoms with Crippen LogP contribution in [0.3, 0.4) is 0 Å². The Balaban J connectivity index is -0.000000230. The van der Waals surface area contributed by atoms with Crippen LogP contribution in [0.5, 0.6) is 0 Å². The molecule has 10 nitrogen and oxygen atoms in total. The van der Waals surface area contributed by atoms with Crippen molar-refractivity contribution in [3.8, 4) is 0 Å². The van der Waals surface area contributed by atoms with Gasteiger partial charge in [-0.05, 0) is 22.3 Å². The molecule has 7 N–H and O–H groups in total. The van der Waals surface area contributed by atoms with Gasteiger partial charge in [-0.1, -0.05) is 136 Å². The number of benzene rings is 3. The van der Waals surface area contributed by atoms with Crippen molar-refractivity contribution in [2.45, 2.75) is 27.7 Å². The maximum atomic E-state index is 10.1.